The third kappa shape index (κ3) is 3.93. The van der Waals surface area contributed by atoms with Gasteiger partial charge in [0.2, 0.25) is 5.95 Å². The summed E-state index contributed by atoms with van der Waals surface area (Å²) in [5, 5.41) is 2.79. The number of carbonyl (C=O) groups is 2. The van der Waals surface area contributed by atoms with Crippen LogP contribution in [0.25, 0.3) is 0 Å². The predicted octanol–water partition coefficient (Wildman–Crippen LogP) is 2.42. The molecule has 1 fully saturated rings. The first kappa shape index (κ1) is 16.9. The molecule has 0 aliphatic carbocycles. The molecule has 0 radical (unpaired) electrons. The summed E-state index contributed by atoms with van der Waals surface area (Å²) in [6.07, 6.45) is 2.23. The molecule has 2 aromatic rings. The minimum Gasteiger partial charge on any atom is -0.465 e. The van der Waals surface area contributed by atoms with Gasteiger partial charge in [0, 0.05) is 24.5 Å². The van der Waals surface area contributed by atoms with Crippen LogP contribution in [0.4, 0.5) is 11.6 Å². The summed E-state index contributed by atoms with van der Waals surface area (Å²) in [6.45, 7) is 3.68. The van der Waals surface area contributed by atoms with E-state index in [-0.39, 0.29) is 5.91 Å². The lowest BCUT2D eigenvalue weighted by atomic mass is 10.2. The van der Waals surface area contributed by atoms with E-state index in [4.69, 9.17) is 0 Å². The number of carbonyl (C=O) groups excluding carboxylic acids is 2. The molecule has 7 heteroatoms. The fourth-order valence-electron chi connectivity index (χ4n) is 2.73. The van der Waals surface area contributed by atoms with Gasteiger partial charge < -0.3 is 15.0 Å². The normalized spacial score (nSPS) is 13.6. The van der Waals surface area contributed by atoms with E-state index in [2.05, 4.69) is 24.9 Å². The van der Waals surface area contributed by atoms with Crippen molar-refractivity contribution >= 4 is 23.5 Å². The second-order valence-corrected chi connectivity index (χ2v) is 5.91. The quantitative estimate of drug-likeness (QED) is 0.861. The van der Waals surface area contributed by atoms with Crippen molar-refractivity contribution in [1.82, 2.24) is 9.97 Å². The number of nitrogens with zero attached hydrogens (tertiary/aromatic N) is 3. The first-order valence-corrected chi connectivity index (χ1v) is 8.17. The van der Waals surface area contributed by atoms with Gasteiger partial charge in [-0.1, -0.05) is 0 Å². The number of hydrogen-bond donors (Lipinski definition) is 1. The number of hydrogen-bond acceptors (Lipinski definition) is 6. The predicted molar refractivity (Wildman–Crippen MR) is 94.0 cm³/mol. The van der Waals surface area contributed by atoms with E-state index in [1.165, 1.54) is 7.11 Å². The lowest BCUT2D eigenvalue weighted by molar-refractivity contribution is 0.0600. The molecule has 130 valence electrons. The molecule has 0 bridgehead atoms. The van der Waals surface area contributed by atoms with E-state index < -0.39 is 5.97 Å². The van der Waals surface area contributed by atoms with E-state index in [1.807, 2.05) is 6.92 Å². The summed E-state index contributed by atoms with van der Waals surface area (Å²) < 4.78 is 4.65. The van der Waals surface area contributed by atoms with Crippen molar-refractivity contribution in [3.63, 3.8) is 0 Å². The Labute approximate surface area is 146 Å². The Balaban J connectivity index is 1.75. The summed E-state index contributed by atoms with van der Waals surface area (Å²) in [4.78, 5) is 34.9. The molecule has 1 N–H and O–H groups in total. The molecule has 7 nitrogen and oxygen atoms in total. The molecule has 2 heterocycles. The van der Waals surface area contributed by atoms with Gasteiger partial charge in [-0.3, -0.25) is 4.79 Å². The zero-order chi connectivity index (χ0) is 17.8. The topological polar surface area (TPSA) is 84.4 Å². The molecule has 1 aromatic carbocycles. The number of anilines is 2. The number of benzene rings is 1. The average molecular weight is 340 g/mol. The number of nitrogens with one attached hydrogen (secondary N) is 1. The second-order valence-electron chi connectivity index (χ2n) is 5.91. The van der Waals surface area contributed by atoms with Gasteiger partial charge in [-0.15, -0.1) is 0 Å². The van der Waals surface area contributed by atoms with Crippen molar-refractivity contribution in [3.8, 4) is 0 Å². The maximum atomic E-state index is 12.5. The maximum Gasteiger partial charge on any atom is 0.337 e. The molecule has 0 atom stereocenters. The summed E-state index contributed by atoms with van der Waals surface area (Å²) in [5.41, 5.74) is 2.08. The molecule has 1 amide bonds. The highest BCUT2D eigenvalue weighted by molar-refractivity contribution is 6.03. The lowest BCUT2D eigenvalue weighted by Gasteiger charge is -2.16. The van der Waals surface area contributed by atoms with Crippen LogP contribution in [0.15, 0.2) is 30.3 Å². The van der Waals surface area contributed by atoms with Gasteiger partial charge in [0.25, 0.3) is 5.91 Å². The van der Waals surface area contributed by atoms with Crippen LogP contribution < -0.4 is 10.2 Å². The van der Waals surface area contributed by atoms with Crippen molar-refractivity contribution in [3.05, 3.63) is 47.3 Å². The summed E-state index contributed by atoms with van der Waals surface area (Å²) in [5.74, 6) is -0.125. The Hall–Kier alpha value is -2.96. The van der Waals surface area contributed by atoms with Crippen molar-refractivity contribution in [2.24, 2.45) is 0 Å². The largest absolute Gasteiger partial charge is 0.465 e. The van der Waals surface area contributed by atoms with Crippen LogP contribution in [0.5, 0.6) is 0 Å². The van der Waals surface area contributed by atoms with Crippen LogP contribution >= 0.6 is 0 Å². The van der Waals surface area contributed by atoms with E-state index in [9.17, 15) is 9.59 Å². The SMILES string of the molecule is COC(=O)c1ccc(NC(=O)c2cc(C)nc(N3CCCC3)n2)cc1. The fraction of sp³-hybridized carbons (Fsp3) is 0.333. The van der Waals surface area contributed by atoms with Gasteiger partial charge in [-0.25, -0.2) is 14.8 Å². The van der Waals surface area contributed by atoms with Crippen LogP contribution in [0.3, 0.4) is 0 Å². The summed E-state index contributed by atoms with van der Waals surface area (Å²) in [7, 11) is 1.33. The molecule has 0 spiro atoms. The first-order chi connectivity index (χ1) is 12.1. The number of aromatic nitrogens is 2. The zero-order valence-corrected chi connectivity index (χ0v) is 14.3. The Morgan fingerprint density at radius 2 is 1.80 bits per heavy atom. The van der Waals surface area contributed by atoms with Gasteiger partial charge in [0.15, 0.2) is 0 Å². The minimum absolute atomic E-state index is 0.309. The smallest absolute Gasteiger partial charge is 0.337 e. The molecule has 0 saturated carbocycles. The third-order valence-corrected chi connectivity index (χ3v) is 4.03. The molecule has 25 heavy (non-hydrogen) atoms. The van der Waals surface area contributed by atoms with Gasteiger partial charge >= 0.3 is 5.97 Å². The minimum atomic E-state index is -0.417. The average Bonchev–Trinajstić information content (AvgIpc) is 3.16. The molecular weight excluding hydrogens is 320 g/mol. The van der Waals surface area contributed by atoms with Crippen LogP contribution in [-0.2, 0) is 4.74 Å². The maximum absolute atomic E-state index is 12.5. The fourth-order valence-corrected chi connectivity index (χ4v) is 2.73. The van der Waals surface area contributed by atoms with Crippen LogP contribution in [0.2, 0.25) is 0 Å². The number of ether oxygens (including phenoxy) is 1. The number of esters is 1. The monoisotopic (exact) mass is 340 g/mol. The Kier molecular flexibility index (Phi) is 4.92. The van der Waals surface area contributed by atoms with E-state index in [0.717, 1.165) is 31.6 Å². The standard InChI is InChI=1S/C18H20N4O3/c1-12-11-15(21-18(19-12)22-9-3-4-10-22)16(23)20-14-7-5-13(6-8-14)17(24)25-2/h5-8,11H,3-4,9-10H2,1-2H3,(H,20,23). The molecular formula is C18H20N4O3. The van der Waals surface area contributed by atoms with Crippen molar-refractivity contribution < 1.29 is 14.3 Å². The molecule has 0 unspecified atom stereocenters. The van der Waals surface area contributed by atoms with E-state index >= 15 is 0 Å². The highest BCUT2D eigenvalue weighted by Crippen LogP contribution is 2.18. The lowest BCUT2D eigenvalue weighted by Crippen LogP contribution is -2.23. The van der Waals surface area contributed by atoms with Crippen LogP contribution in [0, 0.1) is 6.92 Å². The number of methoxy groups -OCH3 is 1. The number of aryl methyl sites for hydroxylation is 1. The first-order valence-electron chi connectivity index (χ1n) is 8.17. The molecule has 1 aliphatic rings. The highest BCUT2D eigenvalue weighted by atomic mass is 16.5. The Bertz CT molecular complexity index is 783. The summed E-state index contributed by atoms with van der Waals surface area (Å²) in [6, 6.07) is 8.17. The second kappa shape index (κ2) is 7.29. The van der Waals surface area contributed by atoms with Crippen molar-refractivity contribution in [1.29, 1.82) is 0 Å². The number of amides is 1. The van der Waals surface area contributed by atoms with Crippen LogP contribution in [-0.4, -0.2) is 42.0 Å². The zero-order valence-electron chi connectivity index (χ0n) is 14.3. The van der Waals surface area contributed by atoms with Gasteiger partial charge in [-0.05, 0) is 50.1 Å². The molecule has 3 rings (SSSR count). The third-order valence-electron chi connectivity index (χ3n) is 4.03. The molecule has 1 aliphatic heterocycles. The Morgan fingerprint density at radius 1 is 1.12 bits per heavy atom. The molecule has 1 saturated heterocycles. The van der Waals surface area contributed by atoms with Gasteiger partial charge in [-0.2, -0.15) is 0 Å². The van der Waals surface area contributed by atoms with Crippen molar-refractivity contribution in [2.75, 3.05) is 30.4 Å². The van der Waals surface area contributed by atoms with E-state index in [1.54, 1.807) is 30.3 Å². The highest BCUT2D eigenvalue weighted by Gasteiger charge is 2.18. The summed E-state index contributed by atoms with van der Waals surface area (Å²) >= 11 is 0. The Morgan fingerprint density at radius 3 is 2.44 bits per heavy atom. The number of rotatable bonds is 4. The van der Waals surface area contributed by atoms with E-state index in [0.29, 0.717) is 22.9 Å². The van der Waals surface area contributed by atoms with Gasteiger partial charge in [0.1, 0.15) is 5.69 Å². The van der Waals surface area contributed by atoms with Crippen LogP contribution in [0.1, 0.15) is 39.4 Å². The van der Waals surface area contributed by atoms with Gasteiger partial charge in [0.05, 0.1) is 12.7 Å². The van der Waals surface area contributed by atoms with Crippen molar-refractivity contribution in [2.45, 2.75) is 19.8 Å². The molecule has 1 aromatic heterocycles.